The van der Waals surface area contributed by atoms with Crippen molar-refractivity contribution in [3.63, 3.8) is 0 Å². The minimum absolute atomic E-state index is 0.303. The van der Waals surface area contributed by atoms with Crippen molar-refractivity contribution < 1.29 is 0 Å². The summed E-state index contributed by atoms with van der Waals surface area (Å²) in [5, 5.41) is 12.6. The minimum atomic E-state index is 0.303. The summed E-state index contributed by atoms with van der Waals surface area (Å²) in [7, 11) is 0. The van der Waals surface area contributed by atoms with E-state index in [4.69, 9.17) is 9.97 Å². The van der Waals surface area contributed by atoms with Gasteiger partial charge in [0.25, 0.3) is 0 Å². The molecule has 1 unspecified atom stereocenters. The summed E-state index contributed by atoms with van der Waals surface area (Å²) in [5.41, 5.74) is 12.6. The van der Waals surface area contributed by atoms with Crippen LogP contribution in [0.5, 0.6) is 0 Å². The van der Waals surface area contributed by atoms with Crippen LogP contribution in [0.4, 0.5) is 0 Å². The Morgan fingerprint density at radius 3 is 1.60 bits per heavy atom. The first-order valence-electron chi connectivity index (χ1n) is 21.8. The third-order valence-electron chi connectivity index (χ3n) is 13.3. The van der Waals surface area contributed by atoms with Crippen molar-refractivity contribution in [1.82, 2.24) is 19.1 Å². The van der Waals surface area contributed by atoms with E-state index >= 15 is 0 Å². The van der Waals surface area contributed by atoms with Gasteiger partial charge in [0.05, 0.1) is 17.1 Å². The maximum Gasteiger partial charge on any atom is 0.159 e. The molecule has 0 saturated heterocycles. The van der Waals surface area contributed by atoms with Gasteiger partial charge >= 0.3 is 0 Å². The molecule has 63 heavy (non-hydrogen) atoms. The lowest BCUT2D eigenvalue weighted by atomic mass is 9.92. The van der Waals surface area contributed by atoms with E-state index in [-0.39, 0.29) is 0 Å². The Morgan fingerprint density at radius 1 is 0.413 bits per heavy atom. The first-order chi connectivity index (χ1) is 31.1. The van der Waals surface area contributed by atoms with E-state index < -0.39 is 0 Å². The highest BCUT2D eigenvalue weighted by atomic mass is 15.0. The standard InChI is InChI=1S/C59H40N4/c1-37-29-41(59-60-35-42(36-61-59)40-23-26-49-47-17-6-5-15-45(47)46-16-7-8-18-48(46)52(49)32-40)31-44(30-37)63-56-22-12-10-20-51(56)54-34-39(25-28-58(54)63)38-24-27-57-53(33-38)50-19-9-11-21-55(50)62(57)43-13-3-2-4-14-43/h2-13,15-36,43H,14H2,1H3. The van der Waals surface area contributed by atoms with Crippen molar-refractivity contribution in [2.45, 2.75) is 19.4 Å². The van der Waals surface area contributed by atoms with Gasteiger partial charge in [-0.3, -0.25) is 0 Å². The second-order valence-corrected chi connectivity index (χ2v) is 17.0. The molecule has 12 aromatic rings. The Bertz CT molecular complexity index is 3860. The van der Waals surface area contributed by atoms with Crippen LogP contribution < -0.4 is 0 Å². The molecule has 4 nitrogen and oxygen atoms in total. The second-order valence-electron chi connectivity index (χ2n) is 17.0. The van der Waals surface area contributed by atoms with Gasteiger partial charge in [-0.15, -0.1) is 0 Å². The molecule has 0 spiro atoms. The first kappa shape index (κ1) is 35.7. The zero-order valence-corrected chi connectivity index (χ0v) is 34.7. The predicted molar refractivity (Wildman–Crippen MR) is 265 cm³/mol. The number of fused-ring (bicyclic) bond motifs is 12. The summed E-state index contributed by atoms with van der Waals surface area (Å²) < 4.78 is 4.90. The minimum Gasteiger partial charge on any atom is -0.333 e. The lowest BCUT2D eigenvalue weighted by molar-refractivity contribution is 0.648. The van der Waals surface area contributed by atoms with Crippen LogP contribution >= 0.6 is 0 Å². The maximum atomic E-state index is 4.99. The highest BCUT2D eigenvalue weighted by Gasteiger charge is 2.19. The van der Waals surface area contributed by atoms with Gasteiger partial charge in [-0.2, -0.15) is 0 Å². The Balaban J connectivity index is 0.882. The monoisotopic (exact) mass is 804 g/mol. The molecule has 0 saturated carbocycles. The molecule has 3 heterocycles. The number of rotatable bonds is 5. The average Bonchev–Trinajstić information content (AvgIpc) is 3.86. The quantitative estimate of drug-likeness (QED) is 0.162. The summed E-state index contributed by atoms with van der Waals surface area (Å²) in [6, 6.07) is 62.7. The smallest absolute Gasteiger partial charge is 0.159 e. The fraction of sp³-hybridized carbons (Fsp3) is 0.0508. The molecule has 0 fully saturated rings. The molecule has 296 valence electrons. The highest BCUT2D eigenvalue weighted by molar-refractivity contribution is 6.25. The van der Waals surface area contributed by atoms with E-state index in [1.165, 1.54) is 87.1 Å². The Labute approximate surface area is 364 Å². The summed E-state index contributed by atoms with van der Waals surface area (Å²) in [4.78, 5) is 9.98. The van der Waals surface area contributed by atoms with Crippen LogP contribution in [0.3, 0.4) is 0 Å². The molecular weight excluding hydrogens is 765 g/mol. The average molecular weight is 805 g/mol. The number of benzene rings is 9. The highest BCUT2D eigenvalue weighted by Crippen LogP contribution is 2.41. The van der Waals surface area contributed by atoms with Gasteiger partial charge in [0.1, 0.15) is 0 Å². The molecule has 3 aromatic heterocycles. The van der Waals surface area contributed by atoms with Crippen molar-refractivity contribution >= 4 is 75.9 Å². The molecule has 1 aliphatic rings. The molecule has 1 atom stereocenters. The molecular formula is C59H40N4. The number of para-hydroxylation sites is 2. The van der Waals surface area contributed by atoms with Crippen molar-refractivity contribution in [3.8, 4) is 39.3 Å². The summed E-state index contributed by atoms with van der Waals surface area (Å²) in [6.07, 6.45) is 13.8. The molecule has 13 rings (SSSR count). The van der Waals surface area contributed by atoms with E-state index in [0.717, 1.165) is 34.4 Å². The van der Waals surface area contributed by atoms with Gasteiger partial charge in [0.15, 0.2) is 5.82 Å². The summed E-state index contributed by atoms with van der Waals surface area (Å²) in [5.74, 6) is 0.705. The molecule has 4 heteroatoms. The molecule has 0 aliphatic heterocycles. The van der Waals surface area contributed by atoms with E-state index in [2.05, 4.69) is 210 Å². The maximum absolute atomic E-state index is 4.99. The van der Waals surface area contributed by atoms with Crippen LogP contribution in [-0.2, 0) is 0 Å². The van der Waals surface area contributed by atoms with Crippen LogP contribution in [0.25, 0.3) is 115 Å². The normalized spacial score (nSPS) is 14.1. The van der Waals surface area contributed by atoms with Gasteiger partial charge in [-0.05, 0) is 129 Å². The van der Waals surface area contributed by atoms with Crippen LogP contribution in [0.1, 0.15) is 18.0 Å². The molecule has 0 bridgehead atoms. The van der Waals surface area contributed by atoms with Crippen molar-refractivity contribution in [1.29, 1.82) is 0 Å². The third-order valence-corrected chi connectivity index (χ3v) is 13.3. The number of hydrogen-bond acceptors (Lipinski definition) is 2. The lowest BCUT2D eigenvalue weighted by Crippen LogP contribution is -2.06. The van der Waals surface area contributed by atoms with Crippen LogP contribution in [0, 0.1) is 6.92 Å². The SMILES string of the molecule is Cc1cc(-c2ncc(-c3ccc4c5ccccc5c5ccccc5c4c3)cn2)cc(-n2c3ccccc3c3cc(-c4ccc5c(c4)c4ccccc4n5C4C=CC=CC4)ccc32)c1. The predicted octanol–water partition coefficient (Wildman–Crippen LogP) is 15.5. The molecule has 0 amide bonds. The van der Waals surface area contributed by atoms with Crippen molar-refractivity contribution in [2.24, 2.45) is 0 Å². The Kier molecular flexibility index (Phi) is 7.91. The van der Waals surface area contributed by atoms with E-state index in [0.29, 0.717) is 11.9 Å². The first-order valence-corrected chi connectivity index (χ1v) is 21.8. The van der Waals surface area contributed by atoms with E-state index in [1.54, 1.807) is 0 Å². The van der Waals surface area contributed by atoms with Gasteiger partial charge in [-0.25, -0.2) is 9.97 Å². The van der Waals surface area contributed by atoms with Crippen LogP contribution in [0.2, 0.25) is 0 Å². The van der Waals surface area contributed by atoms with Crippen LogP contribution in [0.15, 0.2) is 207 Å². The Hall–Kier alpha value is -8.08. The third kappa shape index (κ3) is 5.61. The Morgan fingerprint density at radius 2 is 0.921 bits per heavy atom. The fourth-order valence-corrected chi connectivity index (χ4v) is 10.5. The van der Waals surface area contributed by atoms with Gasteiger partial charge in [-0.1, -0.05) is 133 Å². The number of aromatic nitrogens is 4. The number of allylic oxidation sites excluding steroid dienone is 4. The van der Waals surface area contributed by atoms with Gasteiger partial charge in [0, 0.05) is 61.8 Å². The largest absolute Gasteiger partial charge is 0.333 e. The van der Waals surface area contributed by atoms with Crippen molar-refractivity contribution in [2.75, 3.05) is 0 Å². The molecule has 9 aromatic carbocycles. The number of aryl methyl sites for hydroxylation is 1. The van der Waals surface area contributed by atoms with Crippen molar-refractivity contribution in [3.05, 3.63) is 212 Å². The fourth-order valence-electron chi connectivity index (χ4n) is 10.5. The van der Waals surface area contributed by atoms with Gasteiger partial charge in [0.2, 0.25) is 0 Å². The zero-order valence-electron chi connectivity index (χ0n) is 34.7. The second kappa shape index (κ2) is 14.0. The zero-order chi connectivity index (χ0) is 41.6. The number of nitrogens with zero attached hydrogens (tertiary/aromatic N) is 4. The summed E-state index contributed by atoms with van der Waals surface area (Å²) in [6.45, 7) is 2.16. The topological polar surface area (TPSA) is 35.6 Å². The molecule has 0 N–H and O–H groups in total. The van der Waals surface area contributed by atoms with Crippen LogP contribution in [-0.4, -0.2) is 19.1 Å². The lowest BCUT2D eigenvalue weighted by Gasteiger charge is -2.18. The van der Waals surface area contributed by atoms with Gasteiger partial charge < -0.3 is 9.13 Å². The van der Waals surface area contributed by atoms with E-state index in [9.17, 15) is 0 Å². The van der Waals surface area contributed by atoms with E-state index in [1.807, 2.05) is 12.4 Å². The number of hydrogen-bond donors (Lipinski definition) is 0. The molecule has 1 aliphatic carbocycles. The summed E-state index contributed by atoms with van der Waals surface area (Å²) >= 11 is 0. The molecule has 0 radical (unpaired) electrons.